The fraction of sp³-hybridized carbons (Fsp3) is 0.625. The minimum atomic E-state index is -0.834. The van der Waals surface area contributed by atoms with E-state index < -0.39 is 5.60 Å². The number of rotatable bonds is 9. The van der Waals surface area contributed by atoms with Crippen LogP contribution in [0.3, 0.4) is 0 Å². The molecule has 108 valence electrons. The zero-order valence-corrected chi connectivity index (χ0v) is 12.4. The molecule has 3 nitrogen and oxygen atoms in total. The maximum atomic E-state index is 10.4. The summed E-state index contributed by atoms with van der Waals surface area (Å²) in [7, 11) is 0. The Labute approximate surface area is 117 Å². The Balaban J connectivity index is 2.15. The minimum absolute atomic E-state index is 0.532. The maximum Gasteiger partial charge on any atom is 0.0992 e. The third-order valence-electron chi connectivity index (χ3n) is 3.13. The zero-order chi connectivity index (χ0) is 14.1. The Bertz CT molecular complexity index is 336. The van der Waals surface area contributed by atoms with Crippen LogP contribution in [0.2, 0.25) is 0 Å². The van der Waals surface area contributed by atoms with Gasteiger partial charge in [-0.05, 0) is 24.8 Å². The SMILES string of the molecule is CC(C)CCOCCNCC(C)(O)c1ccccc1. The van der Waals surface area contributed by atoms with E-state index >= 15 is 0 Å². The highest BCUT2D eigenvalue weighted by Crippen LogP contribution is 2.18. The van der Waals surface area contributed by atoms with E-state index in [0.29, 0.717) is 19.1 Å². The van der Waals surface area contributed by atoms with Gasteiger partial charge in [-0.3, -0.25) is 0 Å². The van der Waals surface area contributed by atoms with Gasteiger partial charge >= 0.3 is 0 Å². The van der Waals surface area contributed by atoms with Gasteiger partial charge in [-0.1, -0.05) is 44.2 Å². The van der Waals surface area contributed by atoms with Gasteiger partial charge in [0.2, 0.25) is 0 Å². The number of hydrogen-bond acceptors (Lipinski definition) is 3. The largest absolute Gasteiger partial charge is 0.384 e. The van der Waals surface area contributed by atoms with Crippen LogP contribution in [-0.2, 0) is 10.3 Å². The first-order valence-corrected chi connectivity index (χ1v) is 7.09. The Morgan fingerprint density at radius 2 is 1.89 bits per heavy atom. The molecule has 0 saturated carbocycles. The van der Waals surface area contributed by atoms with Crippen molar-refractivity contribution >= 4 is 0 Å². The molecular formula is C16H27NO2. The van der Waals surface area contributed by atoms with Crippen LogP contribution in [0.5, 0.6) is 0 Å². The second-order valence-electron chi connectivity index (χ2n) is 5.61. The third kappa shape index (κ3) is 6.71. The molecule has 0 bridgehead atoms. The molecule has 19 heavy (non-hydrogen) atoms. The van der Waals surface area contributed by atoms with Crippen molar-refractivity contribution < 1.29 is 9.84 Å². The van der Waals surface area contributed by atoms with Gasteiger partial charge in [0, 0.05) is 19.7 Å². The fourth-order valence-corrected chi connectivity index (χ4v) is 1.80. The molecule has 1 aromatic rings. The highest BCUT2D eigenvalue weighted by atomic mass is 16.5. The summed E-state index contributed by atoms with van der Waals surface area (Å²) in [4.78, 5) is 0. The normalized spacial score (nSPS) is 14.6. The first kappa shape index (κ1) is 16.2. The predicted molar refractivity (Wildman–Crippen MR) is 79.2 cm³/mol. The Kier molecular flexibility index (Phi) is 7.06. The van der Waals surface area contributed by atoms with E-state index in [1.54, 1.807) is 0 Å². The van der Waals surface area contributed by atoms with E-state index in [1.807, 2.05) is 37.3 Å². The van der Waals surface area contributed by atoms with Gasteiger partial charge in [-0.25, -0.2) is 0 Å². The Hall–Kier alpha value is -0.900. The summed E-state index contributed by atoms with van der Waals surface area (Å²) in [6.07, 6.45) is 1.10. The molecule has 0 amide bonds. The Morgan fingerprint density at radius 1 is 1.21 bits per heavy atom. The van der Waals surface area contributed by atoms with Gasteiger partial charge in [-0.15, -0.1) is 0 Å². The van der Waals surface area contributed by atoms with Crippen molar-refractivity contribution in [3.63, 3.8) is 0 Å². The smallest absolute Gasteiger partial charge is 0.0992 e. The highest BCUT2D eigenvalue weighted by Gasteiger charge is 2.21. The van der Waals surface area contributed by atoms with Gasteiger partial charge < -0.3 is 15.2 Å². The van der Waals surface area contributed by atoms with Crippen molar-refractivity contribution in [2.45, 2.75) is 32.8 Å². The lowest BCUT2D eigenvalue weighted by Gasteiger charge is -2.24. The third-order valence-corrected chi connectivity index (χ3v) is 3.13. The van der Waals surface area contributed by atoms with Gasteiger partial charge in [0.05, 0.1) is 12.2 Å². The van der Waals surface area contributed by atoms with Gasteiger partial charge in [0.25, 0.3) is 0 Å². The highest BCUT2D eigenvalue weighted by molar-refractivity contribution is 5.21. The van der Waals surface area contributed by atoms with Crippen LogP contribution in [0.25, 0.3) is 0 Å². The summed E-state index contributed by atoms with van der Waals surface area (Å²) in [6.45, 7) is 9.02. The standard InChI is InChI=1S/C16H27NO2/c1-14(2)9-11-19-12-10-17-13-16(3,18)15-7-5-4-6-8-15/h4-8,14,17-18H,9-13H2,1-3H3. The molecule has 1 rings (SSSR count). The molecule has 0 aliphatic heterocycles. The maximum absolute atomic E-state index is 10.4. The van der Waals surface area contributed by atoms with E-state index in [4.69, 9.17) is 4.74 Å². The molecule has 1 atom stereocenters. The molecule has 0 aliphatic carbocycles. The number of aliphatic hydroxyl groups is 1. The van der Waals surface area contributed by atoms with Crippen LogP contribution < -0.4 is 5.32 Å². The van der Waals surface area contributed by atoms with Crippen LogP contribution in [0.1, 0.15) is 32.8 Å². The summed E-state index contributed by atoms with van der Waals surface area (Å²) in [6, 6.07) is 9.73. The molecule has 0 spiro atoms. The predicted octanol–water partition coefficient (Wildman–Crippen LogP) is 2.55. The average Bonchev–Trinajstić information content (AvgIpc) is 2.38. The van der Waals surface area contributed by atoms with Gasteiger partial charge in [0.1, 0.15) is 0 Å². The second kappa shape index (κ2) is 8.31. The summed E-state index contributed by atoms with van der Waals surface area (Å²) in [5, 5.41) is 13.6. The molecule has 0 heterocycles. The van der Waals surface area contributed by atoms with E-state index in [0.717, 1.165) is 25.1 Å². The minimum Gasteiger partial charge on any atom is -0.384 e. The molecule has 0 saturated heterocycles. The molecule has 0 aromatic heterocycles. The number of hydrogen-bond donors (Lipinski definition) is 2. The lowest BCUT2D eigenvalue weighted by molar-refractivity contribution is 0.0529. The zero-order valence-electron chi connectivity index (χ0n) is 12.4. The number of benzene rings is 1. The summed E-state index contributed by atoms with van der Waals surface area (Å²) in [5.74, 6) is 0.687. The monoisotopic (exact) mass is 265 g/mol. The molecule has 2 N–H and O–H groups in total. The lowest BCUT2D eigenvalue weighted by atomic mass is 9.96. The van der Waals surface area contributed by atoms with Crippen LogP contribution in [-0.4, -0.2) is 31.4 Å². The number of nitrogens with one attached hydrogen (secondary N) is 1. The lowest BCUT2D eigenvalue weighted by Crippen LogP contribution is -2.36. The van der Waals surface area contributed by atoms with Crippen LogP contribution in [0.4, 0.5) is 0 Å². The molecule has 3 heteroatoms. The van der Waals surface area contributed by atoms with E-state index in [-0.39, 0.29) is 0 Å². The van der Waals surface area contributed by atoms with Crippen molar-refractivity contribution in [1.82, 2.24) is 5.32 Å². The second-order valence-corrected chi connectivity index (χ2v) is 5.61. The first-order chi connectivity index (χ1) is 9.02. The molecule has 0 fully saturated rings. The summed E-state index contributed by atoms with van der Waals surface area (Å²) < 4.78 is 5.52. The molecule has 0 radical (unpaired) electrons. The van der Waals surface area contributed by atoms with E-state index in [9.17, 15) is 5.11 Å². The van der Waals surface area contributed by atoms with Gasteiger partial charge in [-0.2, -0.15) is 0 Å². The average molecular weight is 265 g/mol. The van der Waals surface area contributed by atoms with E-state index in [2.05, 4.69) is 19.2 Å². The van der Waals surface area contributed by atoms with Crippen LogP contribution >= 0.6 is 0 Å². The topological polar surface area (TPSA) is 41.5 Å². The summed E-state index contributed by atoms with van der Waals surface area (Å²) in [5.41, 5.74) is 0.0994. The number of ether oxygens (including phenoxy) is 1. The van der Waals surface area contributed by atoms with Crippen molar-refractivity contribution in [1.29, 1.82) is 0 Å². The van der Waals surface area contributed by atoms with Crippen molar-refractivity contribution in [3.05, 3.63) is 35.9 Å². The quantitative estimate of drug-likeness (QED) is 0.674. The first-order valence-electron chi connectivity index (χ1n) is 7.09. The molecular weight excluding hydrogens is 238 g/mol. The molecule has 1 unspecified atom stereocenters. The Morgan fingerprint density at radius 3 is 2.53 bits per heavy atom. The van der Waals surface area contributed by atoms with E-state index in [1.165, 1.54) is 0 Å². The fourth-order valence-electron chi connectivity index (χ4n) is 1.80. The van der Waals surface area contributed by atoms with Crippen molar-refractivity contribution in [2.24, 2.45) is 5.92 Å². The van der Waals surface area contributed by atoms with Crippen molar-refractivity contribution in [3.8, 4) is 0 Å². The van der Waals surface area contributed by atoms with Crippen molar-refractivity contribution in [2.75, 3.05) is 26.3 Å². The molecule has 0 aliphatic rings. The van der Waals surface area contributed by atoms with Crippen LogP contribution in [0, 0.1) is 5.92 Å². The summed E-state index contributed by atoms with van der Waals surface area (Å²) >= 11 is 0. The van der Waals surface area contributed by atoms with Crippen LogP contribution in [0.15, 0.2) is 30.3 Å². The molecule has 1 aromatic carbocycles. The van der Waals surface area contributed by atoms with Gasteiger partial charge in [0.15, 0.2) is 0 Å².